The summed E-state index contributed by atoms with van der Waals surface area (Å²) in [5, 5.41) is 0. The molecule has 0 atom stereocenters. The molecule has 5 heteroatoms. The van der Waals surface area contributed by atoms with Crippen molar-refractivity contribution in [2.75, 3.05) is 26.8 Å². The Morgan fingerprint density at radius 3 is 2.32 bits per heavy atom. The van der Waals surface area contributed by atoms with Gasteiger partial charge in [0.05, 0.1) is 26.6 Å². The van der Waals surface area contributed by atoms with Gasteiger partial charge in [0.1, 0.15) is 5.75 Å². The van der Waals surface area contributed by atoms with Gasteiger partial charge < -0.3 is 14.4 Å². The van der Waals surface area contributed by atoms with Gasteiger partial charge in [-0.15, -0.1) is 0 Å². The standard InChI is InChI=1S/C20H31NO4/c1-4-6-7-8-14-21(15-13-20(23)25-5-2)19(22)16-17-9-11-18(24-3)12-10-17/h9-12H,4-8,13-16H2,1-3H3. The Kier molecular flexibility index (Phi) is 10.4. The van der Waals surface area contributed by atoms with Crippen LogP contribution in [0.15, 0.2) is 24.3 Å². The fourth-order valence-corrected chi connectivity index (χ4v) is 2.58. The molecule has 0 saturated carbocycles. The number of ether oxygens (including phenoxy) is 2. The van der Waals surface area contributed by atoms with E-state index in [1.165, 1.54) is 6.42 Å². The second-order valence-electron chi connectivity index (χ2n) is 6.02. The number of hydrogen-bond donors (Lipinski definition) is 0. The third-order valence-electron chi connectivity index (χ3n) is 4.04. The Morgan fingerprint density at radius 1 is 1.00 bits per heavy atom. The van der Waals surface area contributed by atoms with Crippen LogP contribution in [0, 0.1) is 0 Å². The van der Waals surface area contributed by atoms with Crippen molar-refractivity contribution in [1.29, 1.82) is 0 Å². The van der Waals surface area contributed by atoms with Gasteiger partial charge in [-0.2, -0.15) is 0 Å². The third-order valence-corrected chi connectivity index (χ3v) is 4.04. The highest BCUT2D eigenvalue weighted by Gasteiger charge is 2.16. The zero-order chi connectivity index (χ0) is 18.5. The van der Waals surface area contributed by atoms with Crippen molar-refractivity contribution in [2.45, 2.75) is 52.4 Å². The summed E-state index contributed by atoms with van der Waals surface area (Å²) in [4.78, 5) is 26.0. The zero-order valence-corrected chi connectivity index (χ0v) is 15.8. The van der Waals surface area contributed by atoms with Gasteiger partial charge in [0.25, 0.3) is 0 Å². The van der Waals surface area contributed by atoms with Crippen LogP contribution in [0.4, 0.5) is 0 Å². The van der Waals surface area contributed by atoms with Gasteiger partial charge in [-0.25, -0.2) is 0 Å². The summed E-state index contributed by atoms with van der Waals surface area (Å²) in [7, 11) is 1.62. The van der Waals surface area contributed by atoms with Crippen molar-refractivity contribution in [3.63, 3.8) is 0 Å². The Bertz CT molecular complexity index is 513. The van der Waals surface area contributed by atoms with Crippen molar-refractivity contribution < 1.29 is 19.1 Å². The lowest BCUT2D eigenvalue weighted by atomic mass is 10.1. The number of hydrogen-bond acceptors (Lipinski definition) is 4. The molecule has 1 amide bonds. The molecule has 0 aliphatic heterocycles. The Balaban J connectivity index is 2.60. The van der Waals surface area contributed by atoms with E-state index in [1.807, 2.05) is 24.3 Å². The van der Waals surface area contributed by atoms with E-state index >= 15 is 0 Å². The lowest BCUT2D eigenvalue weighted by Crippen LogP contribution is -2.35. The predicted molar refractivity (Wildman–Crippen MR) is 98.7 cm³/mol. The number of esters is 1. The van der Waals surface area contributed by atoms with Gasteiger partial charge in [-0.05, 0) is 31.0 Å². The van der Waals surface area contributed by atoms with E-state index in [9.17, 15) is 9.59 Å². The van der Waals surface area contributed by atoms with Crippen LogP contribution in [0.25, 0.3) is 0 Å². The van der Waals surface area contributed by atoms with Gasteiger partial charge in [0.2, 0.25) is 5.91 Å². The number of carbonyl (C=O) groups excluding carboxylic acids is 2. The van der Waals surface area contributed by atoms with Crippen LogP contribution < -0.4 is 4.74 Å². The first-order valence-electron chi connectivity index (χ1n) is 9.17. The SMILES string of the molecule is CCCCCCN(CCC(=O)OCC)C(=O)Cc1ccc(OC)cc1. The fourth-order valence-electron chi connectivity index (χ4n) is 2.58. The Hall–Kier alpha value is -2.04. The molecule has 0 heterocycles. The van der Waals surface area contributed by atoms with E-state index in [1.54, 1.807) is 18.9 Å². The molecule has 1 aromatic carbocycles. The number of methoxy groups -OCH3 is 1. The van der Waals surface area contributed by atoms with Crippen LogP contribution in [-0.4, -0.2) is 43.6 Å². The third kappa shape index (κ3) is 8.57. The number of amides is 1. The number of rotatable bonds is 12. The number of unbranched alkanes of at least 4 members (excludes halogenated alkanes) is 3. The van der Waals surface area contributed by atoms with Crippen molar-refractivity contribution in [3.05, 3.63) is 29.8 Å². The zero-order valence-electron chi connectivity index (χ0n) is 15.8. The van der Waals surface area contributed by atoms with Gasteiger partial charge >= 0.3 is 5.97 Å². The molecule has 0 fully saturated rings. The first kappa shape index (κ1) is 21.0. The summed E-state index contributed by atoms with van der Waals surface area (Å²) < 4.78 is 10.1. The van der Waals surface area contributed by atoms with Gasteiger partial charge in [0, 0.05) is 13.1 Å². The van der Waals surface area contributed by atoms with Crippen LogP contribution in [0.3, 0.4) is 0 Å². The summed E-state index contributed by atoms with van der Waals surface area (Å²) in [6.07, 6.45) is 4.96. The molecule has 140 valence electrons. The molecule has 0 radical (unpaired) electrons. The topological polar surface area (TPSA) is 55.8 Å². The average molecular weight is 349 g/mol. The number of benzene rings is 1. The molecule has 0 spiro atoms. The molecule has 0 aliphatic rings. The lowest BCUT2D eigenvalue weighted by Gasteiger charge is -2.22. The largest absolute Gasteiger partial charge is 0.497 e. The molecule has 1 aromatic rings. The van der Waals surface area contributed by atoms with Crippen molar-refractivity contribution in [1.82, 2.24) is 4.90 Å². The molecule has 0 aliphatic carbocycles. The van der Waals surface area contributed by atoms with Gasteiger partial charge in [0.15, 0.2) is 0 Å². The molecular weight excluding hydrogens is 318 g/mol. The molecule has 0 unspecified atom stereocenters. The van der Waals surface area contributed by atoms with Crippen molar-refractivity contribution >= 4 is 11.9 Å². The molecule has 0 saturated heterocycles. The lowest BCUT2D eigenvalue weighted by molar-refractivity contribution is -0.144. The van der Waals surface area contributed by atoms with Gasteiger partial charge in [-0.1, -0.05) is 38.3 Å². The van der Waals surface area contributed by atoms with E-state index in [2.05, 4.69) is 6.92 Å². The minimum atomic E-state index is -0.252. The Morgan fingerprint density at radius 2 is 1.72 bits per heavy atom. The summed E-state index contributed by atoms with van der Waals surface area (Å²) in [6, 6.07) is 7.51. The smallest absolute Gasteiger partial charge is 0.307 e. The highest BCUT2D eigenvalue weighted by Crippen LogP contribution is 2.13. The van der Waals surface area contributed by atoms with E-state index < -0.39 is 0 Å². The normalized spacial score (nSPS) is 10.4. The molecular formula is C20H31NO4. The summed E-state index contributed by atoms with van der Waals surface area (Å²) in [5.41, 5.74) is 0.945. The quantitative estimate of drug-likeness (QED) is 0.427. The Labute approximate surface area is 151 Å². The highest BCUT2D eigenvalue weighted by molar-refractivity contribution is 5.79. The monoisotopic (exact) mass is 349 g/mol. The van der Waals surface area contributed by atoms with Gasteiger partial charge in [-0.3, -0.25) is 9.59 Å². The van der Waals surface area contributed by atoms with E-state index in [-0.39, 0.29) is 18.3 Å². The minimum Gasteiger partial charge on any atom is -0.497 e. The number of nitrogens with zero attached hydrogens (tertiary/aromatic N) is 1. The van der Waals surface area contributed by atoms with E-state index in [0.29, 0.717) is 26.1 Å². The maximum absolute atomic E-state index is 12.6. The molecule has 5 nitrogen and oxygen atoms in total. The second kappa shape index (κ2) is 12.3. The van der Waals surface area contributed by atoms with Crippen LogP contribution in [0.1, 0.15) is 51.5 Å². The van der Waals surface area contributed by atoms with Crippen molar-refractivity contribution in [3.8, 4) is 5.75 Å². The first-order chi connectivity index (χ1) is 12.1. The highest BCUT2D eigenvalue weighted by atomic mass is 16.5. The maximum Gasteiger partial charge on any atom is 0.307 e. The summed E-state index contributed by atoms with van der Waals surface area (Å²) in [6.45, 7) is 5.42. The van der Waals surface area contributed by atoms with E-state index in [0.717, 1.165) is 30.6 Å². The second-order valence-corrected chi connectivity index (χ2v) is 6.02. The van der Waals surface area contributed by atoms with Crippen LogP contribution in [0.2, 0.25) is 0 Å². The number of carbonyl (C=O) groups is 2. The average Bonchev–Trinajstić information content (AvgIpc) is 2.62. The molecule has 0 aromatic heterocycles. The molecule has 0 N–H and O–H groups in total. The first-order valence-corrected chi connectivity index (χ1v) is 9.17. The van der Waals surface area contributed by atoms with Crippen LogP contribution in [0.5, 0.6) is 5.75 Å². The summed E-state index contributed by atoms with van der Waals surface area (Å²) >= 11 is 0. The minimum absolute atomic E-state index is 0.0472. The summed E-state index contributed by atoms with van der Waals surface area (Å²) in [5.74, 6) is 0.569. The van der Waals surface area contributed by atoms with E-state index in [4.69, 9.17) is 9.47 Å². The fraction of sp³-hybridized carbons (Fsp3) is 0.600. The van der Waals surface area contributed by atoms with Crippen molar-refractivity contribution in [2.24, 2.45) is 0 Å². The van der Waals surface area contributed by atoms with Crippen LogP contribution in [-0.2, 0) is 20.7 Å². The molecule has 25 heavy (non-hydrogen) atoms. The molecule has 0 bridgehead atoms. The predicted octanol–water partition coefficient (Wildman–Crippen LogP) is 3.60. The van der Waals surface area contributed by atoms with Crippen LogP contribution >= 0.6 is 0 Å². The maximum atomic E-state index is 12.6. The molecule has 1 rings (SSSR count).